The maximum atomic E-state index is 12.5. The van der Waals surface area contributed by atoms with Crippen molar-refractivity contribution in [1.82, 2.24) is 10.3 Å². The van der Waals surface area contributed by atoms with Gasteiger partial charge in [0.2, 0.25) is 6.79 Å². The van der Waals surface area contributed by atoms with E-state index in [-0.39, 0.29) is 12.7 Å². The lowest BCUT2D eigenvalue weighted by Crippen LogP contribution is -2.24. The molecule has 148 valence electrons. The van der Waals surface area contributed by atoms with Crippen molar-refractivity contribution in [2.45, 2.75) is 13.1 Å². The molecule has 0 bridgehead atoms. The number of ether oxygens (including phenoxy) is 3. The Morgan fingerprint density at radius 1 is 1.07 bits per heavy atom. The quantitative estimate of drug-likeness (QED) is 0.643. The molecular weight excluding hydrogens is 370 g/mol. The molecule has 1 aromatic heterocycles. The summed E-state index contributed by atoms with van der Waals surface area (Å²) in [6, 6.07) is 16.9. The van der Waals surface area contributed by atoms with Crippen molar-refractivity contribution in [3.8, 4) is 17.2 Å². The second kappa shape index (κ2) is 8.52. The zero-order valence-electron chi connectivity index (χ0n) is 16.0. The summed E-state index contributed by atoms with van der Waals surface area (Å²) < 4.78 is 16.0. The van der Waals surface area contributed by atoms with Crippen LogP contribution in [0.3, 0.4) is 0 Å². The van der Waals surface area contributed by atoms with Gasteiger partial charge in [0.05, 0.1) is 7.11 Å². The van der Waals surface area contributed by atoms with Gasteiger partial charge in [-0.3, -0.25) is 9.78 Å². The van der Waals surface area contributed by atoms with E-state index in [0.717, 1.165) is 34.1 Å². The molecule has 3 aromatic rings. The fraction of sp³-hybridized carbons (Fsp3) is 0.182. The number of benzene rings is 2. The smallest absolute Gasteiger partial charge is 0.270 e. The van der Waals surface area contributed by atoms with Crippen LogP contribution in [-0.4, -0.2) is 24.8 Å². The number of carbonyl (C=O) groups excluding carboxylic acids is 1. The summed E-state index contributed by atoms with van der Waals surface area (Å²) in [4.78, 5) is 16.7. The van der Waals surface area contributed by atoms with Crippen molar-refractivity contribution >= 4 is 11.6 Å². The van der Waals surface area contributed by atoms with Gasteiger partial charge in [-0.05, 0) is 35.9 Å². The summed E-state index contributed by atoms with van der Waals surface area (Å²) in [5.74, 6) is 1.99. The highest BCUT2D eigenvalue weighted by Crippen LogP contribution is 2.32. The van der Waals surface area contributed by atoms with Gasteiger partial charge in [-0.15, -0.1) is 0 Å². The molecule has 4 rings (SSSR count). The first kappa shape index (κ1) is 18.6. The van der Waals surface area contributed by atoms with Crippen LogP contribution in [0.25, 0.3) is 0 Å². The zero-order chi connectivity index (χ0) is 20.1. The van der Waals surface area contributed by atoms with Crippen molar-refractivity contribution in [2.24, 2.45) is 0 Å². The van der Waals surface area contributed by atoms with Gasteiger partial charge in [0.1, 0.15) is 11.4 Å². The summed E-state index contributed by atoms with van der Waals surface area (Å²) in [6.07, 6.45) is 1.61. The molecule has 0 aliphatic carbocycles. The molecule has 1 aliphatic rings. The van der Waals surface area contributed by atoms with E-state index in [1.165, 1.54) is 0 Å². The number of rotatable bonds is 7. The Kier molecular flexibility index (Phi) is 5.47. The third-order valence-corrected chi connectivity index (χ3v) is 4.56. The largest absolute Gasteiger partial charge is 0.496 e. The van der Waals surface area contributed by atoms with Gasteiger partial charge in [-0.1, -0.05) is 24.3 Å². The summed E-state index contributed by atoms with van der Waals surface area (Å²) >= 11 is 0. The molecule has 0 fully saturated rings. The summed E-state index contributed by atoms with van der Waals surface area (Å²) in [5.41, 5.74) is 3.10. The molecule has 2 N–H and O–H groups in total. The number of amides is 1. The van der Waals surface area contributed by atoms with Crippen LogP contribution in [0.1, 0.15) is 21.6 Å². The maximum Gasteiger partial charge on any atom is 0.270 e. The van der Waals surface area contributed by atoms with E-state index in [4.69, 9.17) is 14.2 Å². The van der Waals surface area contributed by atoms with E-state index >= 15 is 0 Å². The van der Waals surface area contributed by atoms with Crippen molar-refractivity contribution < 1.29 is 19.0 Å². The highest BCUT2D eigenvalue weighted by Gasteiger charge is 2.13. The highest BCUT2D eigenvalue weighted by molar-refractivity contribution is 5.93. The predicted molar refractivity (Wildman–Crippen MR) is 108 cm³/mol. The third-order valence-electron chi connectivity index (χ3n) is 4.56. The lowest BCUT2D eigenvalue weighted by molar-refractivity contribution is 0.0945. The molecule has 0 spiro atoms. The molecule has 0 unspecified atom stereocenters. The van der Waals surface area contributed by atoms with Crippen LogP contribution in [0.15, 0.2) is 60.8 Å². The van der Waals surface area contributed by atoms with E-state index in [2.05, 4.69) is 15.6 Å². The monoisotopic (exact) mass is 391 g/mol. The molecule has 1 aliphatic heterocycles. The number of anilines is 1. The van der Waals surface area contributed by atoms with E-state index in [1.54, 1.807) is 19.4 Å². The normalized spacial score (nSPS) is 11.8. The molecule has 7 heteroatoms. The van der Waals surface area contributed by atoms with Gasteiger partial charge in [-0.25, -0.2) is 0 Å². The first-order valence-electron chi connectivity index (χ1n) is 9.21. The summed E-state index contributed by atoms with van der Waals surface area (Å²) in [5, 5.41) is 6.18. The van der Waals surface area contributed by atoms with E-state index in [0.29, 0.717) is 18.8 Å². The minimum atomic E-state index is -0.248. The average molecular weight is 391 g/mol. The van der Waals surface area contributed by atoms with Crippen LogP contribution in [-0.2, 0) is 13.1 Å². The minimum Gasteiger partial charge on any atom is -0.496 e. The minimum absolute atomic E-state index is 0.248. The first-order chi connectivity index (χ1) is 14.2. The van der Waals surface area contributed by atoms with Crippen molar-refractivity contribution in [3.63, 3.8) is 0 Å². The molecule has 0 saturated heterocycles. The molecule has 0 radical (unpaired) electrons. The third kappa shape index (κ3) is 4.40. The van der Waals surface area contributed by atoms with Crippen LogP contribution in [0.4, 0.5) is 5.69 Å². The molecule has 2 aromatic carbocycles. The number of nitrogens with zero attached hydrogens (tertiary/aromatic N) is 1. The molecule has 1 amide bonds. The van der Waals surface area contributed by atoms with Crippen LogP contribution >= 0.6 is 0 Å². The lowest BCUT2D eigenvalue weighted by Gasteiger charge is -2.11. The second-order valence-electron chi connectivity index (χ2n) is 6.47. The Hall–Kier alpha value is -3.74. The summed E-state index contributed by atoms with van der Waals surface area (Å²) in [7, 11) is 1.61. The molecule has 0 atom stereocenters. The Morgan fingerprint density at radius 3 is 2.83 bits per heavy atom. The highest BCUT2D eigenvalue weighted by atomic mass is 16.7. The number of para-hydroxylation sites is 1. The van der Waals surface area contributed by atoms with E-state index in [9.17, 15) is 4.79 Å². The standard InChI is InChI=1S/C22H21N3O4/c1-27-19-5-3-2-4-16(19)13-25-22(26)18-11-17(8-9-23-18)24-12-15-6-7-20-21(10-15)29-14-28-20/h2-11H,12-14H2,1H3,(H,23,24)(H,25,26). The zero-order valence-corrected chi connectivity index (χ0v) is 16.0. The Labute approximate surface area is 168 Å². The number of methoxy groups -OCH3 is 1. The number of hydrogen-bond donors (Lipinski definition) is 2. The predicted octanol–water partition coefficient (Wildman–Crippen LogP) is 3.36. The van der Waals surface area contributed by atoms with Gasteiger partial charge >= 0.3 is 0 Å². The number of aromatic nitrogens is 1. The van der Waals surface area contributed by atoms with Crippen molar-refractivity contribution in [2.75, 3.05) is 19.2 Å². The fourth-order valence-electron chi connectivity index (χ4n) is 3.03. The Morgan fingerprint density at radius 2 is 1.93 bits per heavy atom. The topological polar surface area (TPSA) is 81.7 Å². The summed E-state index contributed by atoms with van der Waals surface area (Å²) in [6.45, 7) is 1.20. The lowest BCUT2D eigenvalue weighted by atomic mass is 10.2. The van der Waals surface area contributed by atoms with Crippen molar-refractivity contribution in [3.05, 3.63) is 77.6 Å². The van der Waals surface area contributed by atoms with Gasteiger partial charge in [0, 0.05) is 30.5 Å². The van der Waals surface area contributed by atoms with Crippen LogP contribution in [0, 0.1) is 0 Å². The molecule has 29 heavy (non-hydrogen) atoms. The molecule has 0 saturated carbocycles. The molecule has 2 heterocycles. The first-order valence-corrected chi connectivity index (χ1v) is 9.21. The fourth-order valence-corrected chi connectivity index (χ4v) is 3.03. The average Bonchev–Trinajstić information content (AvgIpc) is 3.24. The Bertz CT molecular complexity index is 1020. The number of hydrogen-bond acceptors (Lipinski definition) is 6. The SMILES string of the molecule is COc1ccccc1CNC(=O)c1cc(NCc2ccc3c(c2)OCO3)ccn1. The van der Waals surface area contributed by atoms with Crippen LogP contribution < -0.4 is 24.8 Å². The van der Waals surface area contributed by atoms with Gasteiger partial charge in [-0.2, -0.15) is 0 Å². The van der Waals surface area contributed by atoms with Crippen LogP contribution in [0.2, 0.25) is 0 Å². The maximum absolute atomic E-state index is 12.5. The van der Waals surface area contributed by atoms with E-state index in [1.807, 2.05) is 48.5 Å². The van der Waals surface area contributed by atoms with Gasteiger partial charge in [0.25, 0.3) is 5.91 Å². The number of carbonyl (C=O) groups is 1. The Balaban J connectivity index is 1.37. The molecular formula is C22H21N3O4. The second-order valence-corrected chi connectivity index (χ2v) is 6.47. The molecule has 7 nitrogen and oxygen atoms in total. The van der Waals surface area contributed by atoms with Gasteiger partial charge < -0.3 is 24.8 Å². The van der Waals surface area contributed by atoms with Crippen LogP contribution in [0.5, 0.6) is 17.2 Å². The number of nitrogens with one attached hydrogen (secondary N) is 2. The van der Waals surface area contributed by atoms with Crippen molar-refractivity contribution in [1.29, 1.82) is 0 Å². The number of fused-ring (bicyclic) bond motifs is 1. The van der Waals surface area contributed by atoms with Gasteiger partial charge in [0.15, 0.2) is 11.5 Å². The number of pyridine rings is 1. The van der Waals surface area contributed by atoms with E-state index < -0.39 is 0 Å².